The van der Waals surface area contributed by atoms with Crippen molar-refractivity contribution >= 4 is 5.91 Å². The smallest absolute Gasteiger partial charge is 0.271 e. The van der Waals surface area contributed by atoms with Crippen molar-refractivity contribution in [3.8, 4) is 0 Å². The molecule has 6 heteroatoms. The molecule has 0 atom stereocenters. The van der Waals surface area contributed by atoms with E-state index < -0.39 is 0 Å². The molecule has 0 radical (unpaired) electrons. The van der Waals surface area contributed by atoms with Gasteiger partial charge in [-0.3, -0.25) is 9.48 Å². The van der Waals surface area contributed by atoms with Crippen molar-refractivity contribution in [1.29, 1.82) is 0 Å². The van der Waals surface area contributed by atoms with Crippen LogP contribution >= 0.6 is 0 Å². The molecule has 1 rings (SSSR count). The summed E-state index contributed by atoms with van der Waals surface area (Å²) in [5, 5.41) is 15.0. The molecule has 0 aliphatic carbocycles. The van der Waals surface area contributed by atoms with Crippen LogP contribution in [-0.2, 0) is 11.8 Å². The number of aliphatic hydroxyl groups excluding tert-OH is 1. The lowest BCUT2D eigenvalue weighted by molar-refractivity contribution is 0.0835. The predicted octanol–water partition coefficient (Wildman–Crippen LogP) is -0.841. The van der Waals surface area contributed by atoms with Gasteiger partial charge in [0.05, 0.1) is 19.8 Å². The predicted molar refractivity (Wildman–Crippen MR) is 53.4 cm³/mol. The Morgan fingerprint density at radius 3 is 3.07 bits per heavy atom. The molecular weight excluding hydrogens is 198 g/mol. The fourth-order valence-electron chi connectivity index (χ4n) is 1.03. The monoisotopic (exact) mass is 213 g/mol. The SMILES string of the molecule is Cn1ccc(C(=O)NCCOCCO)n1. The van der Waals surface area contributed by atoms with Crippen molar-refractivity contribution in [3.05, 3.63) is 18.0 Å². The van der Waals surface area contributed by atoms with Gasteiger partial charge in [0.1, 0.15) is 5.69 Å². The molecule has 1 aromatic rings. The number of nitrogens with zero attached hydrogens (tertiary/aromatic N) is 2. The zero-order valence-electron chi connectivity index (χ0n) is 8.64. The molecule has 0 bridgehead atoms. The maximum atomic E-state index is 11.4. The fraction of sp³-hybridized carbons (Fsp3) is 0.556. The molecule has 84 valence electrons. The van der Waals surface area contributed by atoms with E-state index in [9.17, 15) is 4.79 Å². The van der Waals surface area contributed by atoms with Gasteiger partial charge < -0.3 is 15.2 Å². The zero-order valence-corrected chi connectivity index (χ0v) is 8.64. The van der Waals surface area contributed by atoms with Crippen LogP contribution in [0.25, 0.3) is 0 Å². The molecule has 0 unspecified atom stereocenters. The molecule has 1 heterocycles. The van der Waals surface area contributed by atoms with Gasteiger partial charge in [0, 0.05) is 19.8 Å². The summed E-state index contributed by atoms with van der Waals surface area (Å²) in [5.41, 5.74) is 0.389. The minimum atomic E-state index is -0.219. The van der Waals surface area contributed by atoms with E-state index in [-0.39, 0.29) is 12.5 Å². The standard InChI is InChI=1S/C9H15N3O3/c1-12-4-2-8(11-12)9(14)10-3-6-15-7-5-13/h2,4,13H,3,5-7H2,1H3,(H,10,14). The number of hydrogen-bond acceptors (Lipinski definition) is 4. The highest BCUT2D eigenvalue weighted by molar-refractivity contribution is 5.92. The molecule has 0 aliphatic rings. The average molecular weight is 213 g/mol. The largest absolute Gasteiger partial charge is 0.394 e. The van der Waals surface area contributed by atoms with Gasteiger partial charge in [-0.1, -0.05) is 0 Å². The first-order chi connectivity index (χ1) is 7.24. The van der Waals surface area contributed by atoms with E-state index in [4.69, 9.17) is 9.84 Å². The van der Waals surface area contributed by atoms with Crippen LogP contribution in [0.5, 0.6) is 0 Å². The molecule has 0 fully saturated rings. The molecule has 0 aliphatic heterocycles. The molecule has 6 nitrogen and oxygen atoms in total. The summed E-state index contributed by atoms with van der Waals surface area (Å²) < 4.78 is 6.55. The molecule has 0 spiro atoms. The minimum absolute atomic E-state index is 0.00577. The van der Waals surface area contributed by atoms with E-state index in [0.717, 1.165) is 0 Å². The normalized spacial score (nSPS) is 10.3. The van der Waals surface area contributed by atoms with Crippen LogP contribution in [0.4, 0.5) is 0 Å². The first-order valence-corrected chi connectivity index (χ1v) is 4.70. The number of ether oxygens (including phenoxy) is 1. The van der Waals surface area contributed by atoms with Crippen LogP contribution in [-0.4, -0.2) is 47.2 Å². The van der Waals surface area contributed by atoms with Gasteiger partial charge in [-0.05, 0) is 6.07 Å². The third-order valence-corrected chi connectivity index (χ3v) is 1.71. The number of hydrogen-bond donors (Lipinski definition) is 2. The lowest BCUT2D eigenvalue weighted by atomic mass is 10.4. The Morgan fingerprint density at radius 1 is 1.67 bits per heavy atom. The Bertz CT molecular complexity index is 311. The van der Waals surface area contributed by atoms with Crippen LogP contribution in [0, 0.1) is 0 Å². The zero-order chi connectivity index (χ0) is 11.1. The summed E-state index contributed by atoms with van der Waals surface area (Å²) in [6.45, 7) is 1.09. The van der Waals surface area contributed by atoms with Crippen molar-refractivity contribution in [2.75, 3.05) is 26.4 Å². The van der Waals surface area contributed by atoms with Gasteiger partial charge in [-0.25, -0.2) is 0 Å². The summed E-state index contributed by atoms with van der Waals surface area (Å²) in [6.07, 6.45) is 1.71. The van der Waals surface area contributed by atoms with Crippen LogP contribution < -0.4 is 5.32 Å². The summed E-state index contributed by atoms with van der Waals surface area (Å²) in [4.78, 5) is 11.4. The van der Waals surface area contributed by atoms with Crippen LogP contribution in [0.1, 0.15) is 10.5 Å². The number of carbonyl (C=O) groups is 1. The van der Waals surface area contributed by atoms with Crippen LogP contribution in [0.3, 0.4) is 0 Å². The third kappa shape index (κ3) is 4.09. The Balaban J connectivity index is 2.19. The Kier molecular flexibility index (Phi) is 4.79. The average Bonchev–Trinajstić information content (AvgIpc) is 2.64. The number of nitrogens with one attached hydrogen (secondary N) is 1. The van der Waals surface area contributed by atoms with Crippen LogP contribution in [0.2, 0.25) is 0 Å². The molecule has 1 amide bonds. The summed E-state index contributed by atoms with van der Waals surface area (Å²) in [7, 11) is 1.75. The lowest BCUT2D eigenvalue weighted by Crippen LogP contribution is -2.28. The number of aromatic nitrogens is 2. The second-order valence-electron chi connectivity index (χ2n) is 2.97. The number of aliphatic hydroxyl groups is 1. The van der Waals surface area contributed by atoms with Gasteiger partial charge in [0.2, 0.25) is 0 Å². The molecule has 0 aromatic carbocycles. The maximum absolute atomic E-state index is 11.4. The van der Waals surface area contributed by atoms with E-state index in [0.29, 0.717) is 25.5 Å². The van der Waals surface area contributed by atoms with E-state index in [2.05, 4.69) is 10.4 Å². The summed E-state index contributed by atoms with van der Waals surface area (Å²) in [5.74, 6) is -0.219. The second-order valence-corrected chi connectivity index (χ2v) is 2.97. The van der Waals surface area contributed by atoms with Crippen molar-refractivity contribution in [2.45, 2.75) is 0 Å². The molecule has 0 saturated heterocycles. The van der Waals surface area contributed by atoms with Crippen molar-refractivity contribution in [1.82, 2.24) is 15.1 Å². The maximum Gasteiger partial charge on any atom is 0.271 e. The molecule has 2 N–H and O–H groups in total. The van der Waals surface area contributed by atoms with Gasteiger partial charge in [0.25, 0.3) is 5.91 Å². The highest BCUT2D eigenvalue weighted by atomic mass is 16.5. The third-order valence-electron chi connectivity index (χ3n) is 1.71. The quantitative estimate of drug-likeness (QED) is 0.604. The van der Waals surface area contributed by atoms with Gasteiger partial charge in [-0.2, -0.15) is 5.10 Å². The number of aryl methyl sites for hydroxylation is 1. The topological polar surface area (TPSA) is 76.4 Å². The lowest BCUT2D eigenvalue weighted by Gasteiger charge is -2.03. The van der Waals surface area contributed by atoms with E-state index in [1.165, 1.54) is 0 Å². The van der Waals surface area contributed by atoms with Gasteiger partial charge in [-0.15, -0.1) is 0 Å². The second kappa shape index (κ2) is 6.15. The summed E-state index contributed by atoms with van der Waals surface area (Å²) in [6, 6.07) is 1.64. The van der Waals surface area contributed by atoms with Gasteiger partial charge in [0.15, 0.2) is 0 Å². The fourth-order valence-corrected chi connectivity index (χ4v) is 1.03. The van der Waals surface area contributed by atoms with Crippen molar-refractivity contribution in [2.24, 2.45) is 7.05 Å². The molecule has 1 aromatic heterocycles. The molecule has 15 heavy (non-hydrogen) atoms. The van der Waals surface area contributed by atoms with Gasteiger partial charge >= 0.3 is 0 Å². The van der Waals surface area contributed by atoms with E-state index in [1.807, 2.05) is 0 Å². The number of carbonyl (C=O) groups excluding carboxylic acids is 1. The summed E-state index contributed by atoms with van der Waals surface area (Å²) >= 11 is 0. The number of rotatable bonds is 6. The Labute approximate surface area is 87.8 Å². The molecular formula is C9H15N3O3. The molecule has 0 saturated carbocycles. The minimum Gasteiger partial charge on any atom is -0.394 e. The highest BCUT2D eigenvalue weighted by Crippen LogP contribution is 1.92. The number of amides is 1. The van der Waals surface area contributed by atoms with E-state index >= 15 is 0 Å². The van der Waals surface area contributed by atoms with Crippen molar-refractivity contribution in [3.63, 3.8) is 0 Å². The first kappa shape index (κ1) is 11.7. The van der Waals surface area contributed by atoms with Crippen LogP contribution in [0.15, 0.2) is 12.3 Å². The van der Waals surface area contributed by atoms with Crippen molar-refractivity contribution < 1.29 is 14.6 Å². The first-order valence-electron chi connectivity index (χ1n) is 4.70. The Hall–Kier alpha value is -1.40. The highest BCUT2D eigenvalue weighted by Gasteiger charge is 2.06. The van der Waals surface area contributed by atoms with E-state index in [1.54, 1.807) is 24.0 Å². The Morgan fingerprint density at radius 2 is 2.47 bits per heavy atom.